The van der Waals surface area contributed by atoms with Crippen LogP contribution in [0.5, 0.6) is 0 Å². The number of halogens is 1. The molecule has 17 heavy (non-hydrogen) atoms. The normalized spacial score (nSPS) is 28.2. The third kappa shape index (κ3) is 2.83. The Balaban J connectivity index is 2.14. The fourth-order valence-electron chi connectivity index (χ4n) is 2.96. The molecule has 0 atom stereocenters. The van der Waals surface area contributed by atoms with Crippen molar-refractivity contribution in [3.63, 3.8) is 0 Å². The highest BCUT2D eigenvalue weighted by Gasteiger charge is 2.42. The molecule has 0 saturated heterocycles. The molecule has 1 aliphatic rings. The summed E-state index contributed by atoms with van der Waals surface area (Å²) < 4.78 is 0. The summed E-state index contributed by atoms with van der Waals surface area (Å²) in [6.07, 6.45) is 2.57. The molecule has 1 nitrogen and oxygen atoms in total. The monoisotopic (exact) mass is 251 g/mol. The smallest absolute Gasteiger partial charge is 0.0406 e. The van der Waals surface area contributed by atoms with Gasteiger partial charge in [0.2, 0.25) is 0 Å². The Morgan fingerprint density at radius 3 is 2.35 bits per heavy atom. The molecule has 0 bridgehead atoms. The van der Waals surface area contributed by atoms with Crippen molar-refractivity contribution < 1.29 is 0 Å². The van der Waals surface area contributed by atoms with Crippen molar-refractivity contribution >= 4 is 11.6 Å². The second kappa shape index (κ2) is 4.99. The Morgan fingerprint density at radius 1 is 1.29 bits per heavy atom. The number of nitrogens with one attached hydrogen (secondary N) is 1. The first-order valence-corrected chi connectivity index (χ1v) is 6.89. The lowest BCUT2D eigenvalue weighted by molar-refractivity contribution is 0.149. The maximum atomic E-state index is 5.96. The van der Waals surface area contributed by atoms with Gasteiger partial charge < -0.3 is 5.32 Å². The molecule has 1 aliphatic carbocycles. The Morgan fingerprint density at radius 2 is 1.88 bits per heavy atom. The van der Waals surface area contributed by atoms with E-state index >= 15 is 0 Å². The van der Waals surface area contributed by atoms with E-state index in [0.717, 1.165) is 17.5 Å². The summed E-state index contributed by atoms with van der Waals surface area (Å²) in [7, 11) is 0. The van der Waals surface area contributed by atoms with Gasteiger partial charge >= 0.3 is 0 Å². The van der Waals surface area contributed by atoms with Crippen LogP contribution >= 0.6 is 11.6 Å². The Labute approximate surface area is 110 Å². The third-order valence-electron chi connectivity index (χ3n) is 3.78. The fraction of sp³-hybridized carbons (Fsp3) is 0.600. The first kappa shape index (κ1) is 12.9. The summed E-state index contributed by atoms with van der Waals surface area (Å²) in [6, 6.07) is 8.95. The minimum absolute atomic E-state index is 0.342. The van der Waals surface area contributed by atoms with E-state index in [0.29, 0.717) is 11.5 Å². The van der Waals surface area contributed by atoms with Crippen molar-refractivity contribution in [1.29, 1.82) is 0 Å². The van der Waals surface area contributed by atoms with E-state index in [-0.39, 0.29) is 0 Å². The highest BCUT2D eigenvalue weighted by atomic mass is 35.5. The first-order chi connectivity index (χ1) is 8.02. The van der Waals surface area contributed by atoms with Gasteiger partial charge in [-0.3, -0.25) is 0 Å². The molecule has 1 aromatic carbocycles. The Bertz CT molecular complexity index is 363. The molecule has 1 aromatic rings. The topological polar surface area (TPSA) is 12.0 Å². The SMILES string of the molecule is CC1CC(CNC(C)C)(c2ccc(Cl)cc2)C1. The fourth-order valence-corrected chi connectivity index (χ4v) is 3.09. The summed E-state index contributed by atoms with van der Waals surface area (Å²) >= 11 is 5.96. The van der Waals surface area contributed by atoms with Gasteiger partial charge in [0.05, 0.1) is 0 Å². The van der Waals surface area contributed by atoms with Crippen LogP contribution in [0.3, 0.4) is 0 Å². The van der Waals surface area contributed by atoms with Crippen LogP contribution in [-0.2, 0) is 5.41 Å². The van der Waals surface area contributed by atoms with Crippen molar-refractivity contribution in [3.8, 4) is 0 Å². The van der Waals surface area contributed by atoms with Gasteiger partial charge in [0.15, 0.2) is 0 Å². The minimum Gasteiger partial charge on any atom is -0.314 e. The molecule has 2 rings (SSSR count). The van der Waals surface area contributed by atoms with Crippen molar-refractivity contribution in [2.45, 2.75) is 45.1 Å². The van der Waals surface area contributed by atoms with Gasteiger partial charge in [0.1, 0.15) is 0 Å². The minimum atomic E-state index is 0.342. The number of rotatable bonds is 4. The summed E-state index contributed by atoms with van der Waals surface area (Å²) in [6.45, 7) is 7.83. The molecule has 2 heteroatoms. The number of hydrogen-bond donors (Lipinski definition) is 1. The van der Waals surface area contributed by atoms with Gasteiger partial charge in [0.25, 0.3) is 0 Å². The number of hydrogen-bond acceptors (Lipinski definition) is 1. The predicted octanol–water partition coefficient (Wildman–Crippen LogP) is 4.01. The van der Waals surface area contributed by atoms with Crippen molar-refractivity contribution in [3.05, 3.63) is 34.9 Å². The molecule has 0 aromatic heterocycles. The van der Waals surface area contributed by atoms with Gasteiger partial charge in [-0.15, -0.1) is 0 Å². The van der Waals surface area contributed by atoms with Gasteiger partial charge in [0, 0.05) is 23.0 Å². The Kier molecular flexibility index (Phi) is 3.79. The molecule has 1 N–H and O–H groups in total. The van der Waals surface area contributed by atoms with E-state index in [1.54, 1.807) is 0 Å². The lowest BCUT2D eigenvalue weighted by Gasteiger charge is -2.48. The lowest BCUT2D eigenvalue weighted by Crippen LogP contribution is -2.49. The molecule has 94 valence electrons. The molecule has 1 fully saturated rings. The zero-order valence-corrected chi connectivity index (χ0v) is 11.7. The lowest BCUT2D eigenvalue weighted by atomic mass is 9.59. The van der Waals surface area contributed by atoms with Crippen LogP contribution in [0.15, 0.2) is 24.3 Å². The van der Waals surface area contributed by atoms with Gasteiger partial charge in [-0.05, 0) is 36.5 Å². The van der Waals surface area contributed by atoms with Crippen molar-refractivity contribution in [2.75, 3.05) is 6.54 Å². The highest BCUT2D eigenvalue weighted by Crippen LogP contribution is 2.47. The van der Waals surface area contributed by atoms with Crippen LogP contribution in [0.25, 0.3) is 0 Å². The van der Waals surface area contributed by atoms with Crippen LogP contribution in [0.2, 0.25) is 5.02 Å². The third-order valence-corrected chi connectivity index (χ3v) is 4.04. The van der Waals surface area contributed by atoms with Crippen LogP contribution < -0.4 is 5.32 Å². The zero-order chi connectivity index (χ0) is 12.5. The van der Waals surface area contributed by atoms with Crippen LogP contribution in [0.1, 0.15) is 39.2 Å². The Hall–Kier alpha value is -0.530. The zero-order valence-electron chi connectivity index (χ0n) is 11.0. The molecule has 0 radical (unpaired) electrons. The van der Waals surface area contributed by atoms with Gasteiger partial charge in [-0.2, -0.15) is 0 Å². The molecule has 0 heterocycles. The highest BCUT2D eigenvalue weighted by molar-refractivity contribution is 6.30. The summed E-state index contributed by atoms with van der Waals surface area (Å²) in [5, 5.41) is 4.42. The molecule has 0 spiro atoms. The molecule has 1 saturated carbocycles. The molecule has 0 amide bonds. The van der Waals surface area contributed by atoms with Crippen LogP contribution in [0, 0.1) is 5.92 Å². The first-order valence-electron chi connectivity index (χ1n) is 6.51. The maximum absolute atomic E-state index is 5.96. The average molecular weight is 252 g/mol. The van der Waals surface area contributed by atoms with Gasteiger partial charge in [-0.1, -0.05) is 44.5 Å². The summed E-state index contributed by atoms with van der Waals surface area (Å²) in [5.41, 5.74) is 1.78. The van der Waals surface area contributed by atoms with E-state index in [2.05, 4.69) is 38.2 Å². The number of benzene rings is 1. The molecule has 0 unspecified atom stereocenters. The standard InChI is InChI=1S/C15H22ClN/c1-11(2)17-10-15(8-12(3)9-15)13-4-6-14(16)7-5-13/h4-7,11-12,17H,8-10H2,1-3H3. The van der Waals surface area contributed by atoms with E-state index in [4.69, 9.17) is 11.6 Å². The van der Waals surface area contributed by atoms with E-state index in [1.165, 1.54) is 18.4 Å². The van der Waals surface area contributed by atoms with Gasteiger partial charge in [-0.25, -0.2) is 0 Å². The van der Waals surface area contributed by atoms with Crippen LogP contribution in [-0.4, -0.2) is 12.6 Å². The van der Waals surface area contributed by atoms with Crippen molar-refractivity contribution in [2.24, 2.45) is 5.92 Å². The van der Waals surface area contributed by atoms with E-state index in [9.17, 15) is 0 Å². The maximum Gasteiger partial charge on any atom is 0.0406 e. The summed E-state index contributed by atoms with van der Waals surface area (Å²) in [5.74, 6) is 0.847. The molecular formula is C15H22ClN. The van der Waals surface area contributed by atoms with Crippen molar-refractivity contribution in [1.82, 2.24) is 5.32 Å². The summed E-state index contributed by atoms with van der Waals surface area (Å²) in [4.78, 5) is 0. The largest absolute Gasteiger partial charge is 0.314 e. The molecule has 0 aliphatic heterocycles. The van der Waals surface area contributed by atoms with E-state index in [1.807, 2.05) is 12.1 Å². The average Bonchev–Trinajstić information content (AvgIpc) is 2.24. The second-order valence-corrected chi connectivity index (χ2v) is 6.27. The quantitative estimate of drug-likeness (QED) is 0.853. The van der Waals surface area contributed by atoms with E-state index < -0.39 is 0 Å². The molecular weight excluding hydrogens is 230 g/mol. The second-order valence-electron chi connectivity index (χ2n) is 5.84. The van der Waals surface area contributed by atoms with Crippen LogP contribution in [0.4, 0.5) is 0 Å². The predicted molar refractivity (Wildman–Crippen MR) is 74.7 cm³/mol.